The molecule has 0 rings (SSSR count). The van der Waals surface area contributed by atoms with Crippen LogP contribution >= 0.6 is 0 Å². The normalized spacial score (nSPS) is 14.2. The lowest BCUT2D eigenvalue weighted by atomic mass is 10.0. The van der Waals surface area contributed by atoms with Crippen LogP contribution in [0.5, 0.6) is 0 Å². The number of hydrogen-bond acceptors (Lipinski definition) is 5. The van der Waals surface area contributed by atoms with Gasteiger partial charge in [-0.15, -0.1) is 0 Å². The molecule has 5 nitrogen and oxygen atoms in total. The molecule has 0 heterocycles. The largest absolute Gasteiger partial charge is 0.495 e. The second-order valence-electron chi connectivity index (χ2n) is 4.85. The molecular weight excluding hydrogens is 256 g/mol. The van der Waals surface area contributed by atoms with E-state index in [1.165, 1.54) is 0 Å². The zero-order chi connectivity index (χ0) is 15.4. The number of unbranched alkanes of at least 4 members (excludes halogenated alkanes) is 1. The summed E-state index contributed by atoms with van der Waals surface area (Å²) in [7, 11) is 0. The molecule has 0 aliphatic heterocycles. The minimum absolute atomic E-state index is 0.0574. The Hall–Kier alpha value is -1.88. The van der Waals surface area contributed by atoms with Crippen molar-refractivity contribution in [1.29, 1.82) is 10.5 Å². The van der Waals surface area contributed by atoms with Gasteiger partial charge in [0.05, 0.1) is 6.61 Å². The predicted octanol–water partition coefficient (Wildman–Crippen LogP) is 3.49. The molecule has 0 saturated heterocycles. The van der Waals surface area contributed by atoms with E-state index >= 15 is 0 Å². The first-order valence-electron chi connectivity index (χ1n) is 6.97. The van der Waals surface area contributed by atoms with E-state index in [0.29, 0.717) is 12.4 Å². The van der Waals surface area contributed by atoms with Gasteiger partial charge >= 0.3 is 0 Å². The molecule has 3 atom stereocenters. The first-order valence-corrected chi connectivity index (χ1v) is 6.97. The monoisotopic (exact) mass is 280 g/mol. The van der Waals surface area contributed by atoms with Crippen LogP contribution in [0.1, 0.15) is 46.5 Å². The van der Waals surface area contributed by atoms with E-state index in [1.807, 2.05) is 20.8 Å². The molecule has 0 aromatic carbocycles. The van der Waals surface area contributed by atoms with Crippen molar-refractivity contribution in [3.63, 3.8) is 0 Å². The van der Waals surface area contributed by atoms with Crippen LogP contribution in [0.4, 0.5) is 0 Å². The van der Waals surface area contributed by atoms with Crippen molar-refractivity contribution in [2.75, 3.05) is 6.61 Å². The third-order valence-corrected chi connectivity index (χ3v) is 3.20. The molecule has 0 aromatic rings. The van der Waals surface area contributed by atoms with Crippen molar-refractivity contribution in [2.24, 2.45) is 5.92 Å². The minimum Gasteiger partial charge on any atom is -0.495 e. The molecule has 0 aromatic heterocycles. The number of ether oxygens (including phenoxy) is 3. The number of nitriles is 2. The molecule has 0 radical (unpaired) electrons. The first-order chi connectivity index (χ1) is 9.56. The van der Waals surface area contributed by atoms with Crippen LogP contribution in [-0.4, -0.2) is 18.8 Å². The smallest absolute Gasteiger partial charge is 0.287 e. The van der Waals surface area contributed by atoms with Crippen molar-refractivity contribution in [2.45, 2.75) is 58.7 Å². The maximum Gasteiger partial charge on any atom is 0.287 e. The van der Waals surface area contributed by atoms with Crippen LogP contribution < -0.4 is 0 Å². The van der Waals surface area contributed by atoms with E-state index in [9.17, 15) is 0 Å². The van der Waals surface area contributed by atoms with Crippen LogP contribution in [-0.2, 0) is 14.2 Å². The summed E-state index contributed by atoms with van der Waals surface area (Å²) in [6, 6.07) is 0. The SMILES string of the molecule is C=C(OCCCCC(C)OC#N)C(OC#N)C(C)CC. The molecule has 20 heavy (non-hydrogen) atoms. The average molecular weight is 280 g/mol. The van der Waals surface area contributed by atoms with E-state index in [1.54, 1.807) is 12.5 Å². The van der Waals surface area contributed by atoms with Gasteiger partial charge in [-0.25, -0.2) is 0 Å². The number of rotatable bonds is 11. The minimum atomic E-state index is -0.383. The van der Waals surface area contributed by atoms with Crippen molar-refractivity contribution < 1.29 is 14.2 Å². The molecule has 5 heteroatoms. The van der Waals surface area contributed by atoms with Crippen LogP contribution in [0, 0.1) is 29.0 Å². The van der Waals surface area contributed by atoms with Crippen molar-refractivity contribution >= 4 is 0 Å². The van der Waals surface area contributed by atoms with Crippen LogP contribution in [0.25, 0.3) is 0 Å². The Labute approximate surface area is 121 Å². The maximum absolute atomic E-state index is 8.64. The van der Waals surface area contributed by atoms with Gasteiger partial charge in [0, 0.05) is 5.92 Å². The lowest BCUT2D eigenvalue weighted by Crippen LogP contribution is -2.23. The fourth-order valence-electron chi connectivity index (χ4n) is 1.74. The van der Waals surface area contributed by atoms with Gasteiger partial charge in [0.15, 0.2) is 6.10 Å². The van der Waals surface area contributed by atoms with Gasteiger partial charge in [0.25, 0.3) is 12.5 Å². The summed E-state index contributed by atoms with van der Waals surface area (Å²) in [6.07, 6.45) is 6.40. The summed E-state index contributed by atoms with van der Waals surface area (Å²) in [6.45, 7) is 10.3. The third-order valence-electron chi connectivity index (χ3n) is 3.20. The fourth-order valence-corrected chi connectivity index (χ4v) is 1.74. The van der Waals surface area contributed by atoms with Gasteiger partial charge in [-0.3, -0.25) is 0 Å². The highest BCUT2D eigenvalue weighted by molar-refractivity contribution is 4.96. The molecule has 0 bridgehead atoms. The van der Waals surface area contributed by atoms with E-state index < -0.39 is 0 Å². The maximum atomic E-state index is 8.64. The number of nitrogens with zero attached hydrogens (tertiary/aromatic N) is 2. The Morgan fingerprint density at radius 2 is 1.80 bits per heavy atom. The molecule has 0 spiro atoms. The Kier molecular flexibility index (Phi) is 9.96. The second kappa shape index (κ2) is 11.0. The summed E-state index contributed by atoms with van der Waals surface area (Å²) >= 11 is 0. The van der Waals surface area contributed by atoms with E-state index in [0.717, 1.165) is 25.7 Å². The van der Waals surface area contributed by atoms with Gasteiger partial charge in [-0.05, 0) is 32.6 Å². The van der Waals surface area contributed by atoms with Gasteiger partial charge in [0.2, 0.25) is 0 Å². The summed E-state index contributed by atoms with van der Waals surface area (Å²) in [5, 5.41) is 17.0. The Morgan fingerprint density at radius 3 is 2.35 bits per heavy atom. The zero-order valence-electron chi connectivity index (χ0n) is 12.6. The average Bonchev–Trinajstić information content (AvgIpc) is 2.43. The van der Waals surface area contributed by atoms with E-state index in [-0.39, 0.29) is 18.1 Å². The molecule has 0 aliphatic carbocycles. The lowest BCUT2D eigenvalue weighted by Gasteiger charge is -2.22. The number of hydrogen-bond donors (Lipinski definition) is 0. The second-order valence-corrected chi connectivity index (χ2v) is 4.85. The van der Waals surface area contributed by atoms with E-state index in [4.69, 9.17) is 24.7 Å². The summed E-state index contributed by atoms with van der Waals surface area (Å²) in [5.74, 6) is 0.688. The Balaban J connectivity index is 3.91. The molecule has 0 amide bonds. The van der Waals surface area contributed by atoms with Crippen molar-refractivity contribution in [1.82, 2.24) is 0 Å². The highest BCUT2D eigenvalue weighted by Gasteiger charge is 2.22. The Bertz CT molecular complexity index is 357. The molecule has 0 fully saturated rings. The van der Waals surface area contributed by atoms with Crippen molar-refractivity contribution in [3.05, 3.63) is 12.3 Å². The highest BCUT2D eigenvalue weighted by Crippen LogP contribution is 2.19. The van der Waals surface area contributed by atoms with Crippen molar-refractivity contribution in [3.8, 4) is 12.5 Å². The highest BCUT2D eigenvalue weighted by atomic mass is 16.5. The van der Waals surface area contributed by atoms with E-state index in [2.05, 4.69) is 6.58 Å². The fraction of sp³-hybridized carbons (Fsp3) is 0.733. The molecule has 3 unspecified atom stereocenters. The van der Waals surface area contributed by atoms with Gasteiger partial charge in [-0.1, -0.05) is 20.4 Å². The topological polar surface area (TPSA) is 75.3 Å². The van der Waals surface area contributed by atoms with Crippen LogP contribution in [0.2, 0.25) is 0 Å². The summed E-state index contributed by atoms with van der Waals surface area (Å²) in [4.78, 5) is 0. The summed E-state index contributed by atoms with van der Waals surface area (Å²) < 4.78 is 15.3. The first kappa shape index (κ1) is 18.1. The van der Waals surface area contributed by atoms with Gasteiger partial charge in [-0.2, -0.15) is 10.5 Å². The molecule has 112 valence electrons. The summed E-state index contributed by atoms with van der Waals surface area (Å²) in [5.41, 5.74) is 0. The zero-order valence-corrected chi connectivity index (χ0v) is 12.6. The van der Waals surface area contributed by atoms with Gasteiger partial charge < -0.3 is 14.2 Å². The molecule has 0 N–H and O–H groups in total. The molecule has 0 saturated carbocycles. The third kappa shape index (κ3) is 7.53. The standard InChI is InChI=1S/C15H24N2O3/c1-5-12(2)15(20-11-17)14(4)18-9-7-6-8-13(3)19-10-16/h12-13,15H,4-9H2,1-3H3. The quantitative estimate of drug-likeness (QED) is 0.329. The van der Waals surface area contributed by atoms with Crippen LogP contribution in [0.3, 0.4) is 0 Å². The molecule has 0 aliphatic rings. The Morgan fingerprint density at radius 1 is 1.15 bits per heavy atom. The predicted molar refractivity (Wildman–Crippen MR) is 75.0 cm³/mol. The van der Waals surface area contributed by atoms with Gasteiger partial charge in [0.1, 0.15) is 11.9 Å². The lowest BCUT2D eigenvalue weighted by molar-refractivity contribution is 0.0611. The molecular formula is C15H24N2O3. The van der Waals surface area contributed by atoms with Crippen LogP contribution in [0.15, 0.2) is 12.3 Å².